The topological polar surface area (TPSA) is 32.3 Å². The fourth-order valence-corrected chi connectivity index (χ4v) is 1.05. The molecule has 0 aromatic rings. The van der Waals surface area contributed by atoms with Gasteiger partial charge in [-0.2, -0.15) is 5.21 Å². The van der Waals surface area contributed by atoms with E-state index in [0.717, 1.165) is 12.8 Å². The predicted octanol–water partition coefficient (Wildman–Crippen LogP) is 0.724. The summed E-state index contributed by atoms with van der Waals surface area (Å²) < 4.78 is -0.412. The Labute approximate surface area is 60.7 Å². The van der Waals surface area contributed by atoms with Crippen molar-refractivity contribution in [1.82, 2.24) is 5.43 Å². The van der Waals surface area contributed by atoms with Crippen LogP contribution < -0.4 is 5.43 Å². The van der Waals surface area contributed by atoms with Crippen LogP contribution in [0.25, 0.3) is 0 Å². The van der Waals surface area contributed by atoms with Crippen molar-refractivity contribution in [3.8, 4) is 0 Å². The third-order valence-electron chi connectivity index (χ3n) is 1.53. The number of rotatable bonds is 2. The maximum Gasteiger partial charge on any atom is 0.130 e. The first-order chi connectivity index (χ1) is 4.08. The van der Waals surface area contributed by atoms with E-state index in [1.54, 1.807) is 7.05 Å². The first kappa shape index (κ1) is 7.34. The first-order valence-electron chi connectivity index (χ1n) is 3.18. The van der Waals surface area contributed by atoms with Crippen molar-refractivity contribution in [2.45, 2.75) is 25.3 Å². The van der Waals surface area contributed by atoms with Gasteiger partial charge in [0.15, 0.2) is 0 Å². The maximum absolute atomic E-state index is 9.04. The van der Waals surface area contributed by atoms with Crippen LogP contribution in [0.4, 0.5) is 0 Å². The highest BCUT2D eigenvalue weighted by molar-refractivity contribution is 7.74. The first-order valence-corrected chi connectivity index (χ1v) is 3.58. The second-order valence-electron chi connectivity index (χ2n) is 2.67. The number of quaternary nitrogens is 1. The van der Waals surface area contributed by atoms with Crippen LogP contribution in [0.5, 0.6) is 0 Å². The minimum absolute atomic E-state index is 0.412. The Morgan fingerprint density at radius 1 is 1.67 bits per heavy atom. The molecule has 1 atom stereocenters. The SMILES string of the molecule is C[N+](O)(S)NC1CCC1. The smallest absolute Gasteiger partial charge is 0.130 e. The fourth-order valence-electron chi connectivity index (χ4n) is 0.883. The summed E-state index contributed by atoms with van der Waals surface area (Å²) in [6.45, 7) is 0. The minimum Gasteiger partial charge on any atom is -0.184 e. The van der Waals surface area contributed by atoms with E-state index in [0.29, 0.717) is 6.04 Å². The average Bonchev–Trinajstić information content (AvgIpc) is 1.53. The quantitative estimate of drug-likeness (QED) is 0.307. The highest BCUT2D eigenvalue weighted by Gasteiger charge is 2.25. The van der Waals surface area contributed by atoms with E-state index in [-0.39, 0.29) is 0 Å². The Morgan fingerprint density at radius 2 is 2.22 bits per heavy atom. The number of nitrogens with one attached hydrogen (secondary N) is 1. The summed E-state index contributed by atoms with van der Waals surface area (Å²) in [4.78, 5) is 0. The van der Waals surface area contributed by atoms with Crippen molar-refractivity contribution >= 4 is 12.8 Å². The third-order valence-corrected chi connectivity index (χ3v) is 1.65. The highest BCUT2D eigenvalue weighted by Crippen LogP contribution is 2.19. The van der Waals surface area contributed by atoms with Crippen molar-refractivity contribution in [1.29, 1.82) is 0 Å². The van der Waals surface area contributed by atoms with Crippen LogP contribution in [0.1, 0.15) is 19.3 Å². The summed E-state index contributed by atoms with van der Waals surface area (Å²) in [6, 6.07) is 0.470. The van der Waals surface area contributed by atoms with Gasteiger partial charge in [0.1, 0.15) is 19.9 Å². The molecule has 3 nitrogen and oxygen atoms in total. The van der Waals surface area contributed by atoms with Crippen LogP contribution >= 0.6 is 12.8 Å². The predicted molar refractivity (Wildman–Crippen MR) is 37.7 cm³/mol. The number of hydrogen-bond acceptors (Lipinski definition) is 3. The van der Waals surface area contributed by atoms with Gasteiger partial charge in [0.2, 0.25) is 0 Å². The van der Waals surface area contributed by atoms with E-state index in [1.165, 1.54) is 6.42 Å². The molecule has 1 fully saturated rings. The Balaban J connectivity index is 2.16. The lowest BCUT2D eigenvalue weighted by Gasteiger charge is -2.29. The zero-order valence-corrected chi connectivity index (χ0v) is 6.43. The molecule has 4 heteroatoms. The lowest BCUT2D eigenvalue weighted by Crippen LogP contribution is -2.52. The van der Waals surface area contributed by atoms with Gasteiger partial charge in [-0.3, -0.25) is 0 Å². The van der Waals surface area contributed by atoms with Crippen molar-refractivity contribution < 1.29 is 9.37 Å². The van der Waals surface area contributed by atoms with Crippen molar-refractivity contribution in [3.05, 3.63) is 0 Å². The monoisotopic (exact) mass is 149 g/mol. The van der Waals surface area contributed by atoms with Gasteiger partial charge in [-0.15, -0.1) is 5.43 Å². The molecule has 1 rings (SSSR count). The molecule has 1 unspecified atom stereocenters. The number of nitrogens with zero attached hydrogens (tertiary/aromatic N) is 1. The van der Waals surface area contributed by atoms with Gasteiger partial charge in [0.05, 0.1) is 6.04 Å². The fraction of sp³-hybridized carbons (Fsp3) is 1.00. The van der Waals surface area contributed by atoms with E-state index in [9.17, 15) is 0 Å². The van der Waals surface area contributed by atoms with Crippen LogP contribution in [0, 0.1) is 0 Å². The maximum atomic E-state index is 9.04. The van der Waals surface area contributed by atoms with Gasteiger partial charge in [0, 0.05) is 0 Å². The van der Waals surface area contributed by atoms with Crippen LogP contribution in [0.3, 0.4) is 0 Å². The van der Waals surface area contributed by atoms with Gasteiger partial charge in [0.25, 0.3) is 0 Å². The lowest BCUT2D eigenvalue weighted by atomic mass is 9.94. The molecule has 0 aromatic carbocycles. The Bertz CT molecular complexity index is 97.6. The summed E-state index contributed by atoms with van der Waals surface area (Å²) in [5, 5.41) is 9.04. The van der Waals surface area contributed by atoms with Gasteiger partial charge in [-0.25, -0.2) is 0 Å². The second kappa shape index (κ2) is 2.46. The molecule has 0 spiro atoms. The molecule has 0 bridgehead atoms. The zero-order valence-electron chi connectivity index (χ0n) is 5.54. The molecule has 0 radical (unpaired) electrons. The number of hydrogen-bond donors (Lipinski definition) is 3. The number of hydroxylamine groups is 1. The van der Waals surface area contributed by atoms with Gasteiger partial charge in [-0.05, 0) is 19.3 Å². The molecule has 0 aromatic heterocycles. The standard InChI is InChI=1S/C5H13N2OS/c1-7(8,9)6-5-3-2-4-5/h5-6,8-9H,2-4H2,1H3/q+1. The van der Waals surface area contributed by atoms with Crippen molar-refractivity contribution in [3.63, 3.8) is 0 Å². The normalized spacial score (nSPS) is 27.0. The molecule has 54 valence electrons. The van der Waals surface area contributed by atoms with E-state index in [1.807, 2.05) is 0 Å². The lowest BCUT2D eigenvalue weighted by molar-refractivity contribution is -1.01. The third kappa shape index (κ3) is 2.53. The summed E-state index contributed by atoms with van der Waals surface area (Å²) in [5.41, 5.74) is 2.91. The molecule has 2 N–H and O–H groups in total. The van der Waals surface area contributed by atoms with Crippen LogP contribution in [-0.4, -0.2) is 22.5 Å². The van der Waals surface area contributed by atoms with Gasteiger partial charge < -0.3 is 0 Å². The van der Waals surface area contributed by atoms with Crippen LogP contribution in [0.15, 0.2) is 0 Å². The summed E-state index contributed by atoms with van der Waals surface area (Å²) in [7, 11) is 1.58. The molecule has 0 aliphatic heterocycles. The molecule has 1 aliphatic rings. The highest BCUT2D eigenvalue weighted by atomic mass is 32.1. The van der Waals surface area contributed by atoms with Crippen molar-refractivity contribution in [2.75, 3.05) is 7.05 Å². The largest absolute Gasteiger partial charge is 0.184 e. The molecular weight excluding hydrogens is 136 g/mol. The van der Waals surface area contributed by atoms with E-state index >= 15 is 0 Å². The second-order valence-corrected chi connectivity index (χ2v) is 3.45. The summed E-state index contributed by atoms with van der Waals surface area (Å²) in [6.07, 6.45) is 3.59. The Hall–Kier alpha value is 0.230. The molecule has 0 heterocycles. The summed E-state index contributed by atoms with van der Waals surface area (Å²) >= 11 is 3.86. The number of thiol groups is 1. The minimum atomic E-state index is -0.412. The van der Waals surface area contributed by atoms with Crippen LogP contribution in [0.2, 0.25) is 0 Å². The molecule has 0 saturated heterocycles. The average molecular weight is 149 g/mol. The van der Waals surface area contributed by atoms with Crippen LogP contribution in [-0.2, 0) is 0 Å². The Kier molecular flexibility index (Phi) is 2.00. The Morgan fingerprint density at radius 3 is 2.33 bits per heavy atom. The molecule has 1 saturated carbocycles. The van der Waals surface area contributed by atoms with E-state index in [4.69, 9.17) is 5.21 Å². The van der Waals surface area contributed by atoms with E-state index < -0.39 is 4.16 Å². The summed E-state index contributed by atoms with van der Waals surface area (Å²) in [5.74, 6) is 0. The van der Waals surface area contributed by atoms with E-state index in [2.05, 4.69) is 18.2 Å². The molecule has 0 amide bonds. The van der Waals surface area contributed by atoms with Gasteiger partial charge in [-0.1, -0.05) is 4.16 Å². The van der Waals surface area contributed by atoms with Crippen molar-refractivity contribution in [2.24, 2.45) is 0 Å². The molecular formula is C5H13N2OS+. The molecule has 9 heavy (non-hydrogen) atoms. The zero-order chi connectivity index (χ0) is 6.91. The van der Waals surface area contributed by atoms with Gasteiger partial charge >= 0.3 is 0 Å². The molecule has 1 aliphatic carbocycles.